The van der Waals surface area contributed by atoms with E-state index in [1.165, 1.54) is 0 Å². The summed E-state index contributed by atoms with van der Waals surface area (Å²) >= 11 is 11.9. The lowest BCUT2D eigenvalue weighted by molar-refractivity contribution is 0.00540. The van der Waals surface area contributed by atoms with Gasteiger partial charge in [-0.25, -0.2) is 0 Å². The van der Waals surface area contributed by atoms with Crippen molar-refractivity contribution in [2.45, 2.75) is 31.7 Å². The molecule has 0 atom stereocenters. The fourth-order valence-electron chi connectivity index (χ4n) is 1.32. The van der Waals surface area contributed by atoms with Gasteiger partial charge in [0.15, 0.2) is 0 Å². The van der Waals surface area contributed by atoms with E-state index >= 15 is 0 Å². The quantitative estimate of drug-likeness (QED) is 0.723. The average Bonchev–Trinajstić information content (AvgIpc) is 2.31. The topological polar surface area (TPSA) is 18.5 Å². The molecule has 0 aliphatic heterocycles. The van der Waals surface area contributed by atoms with Crippen molar-refractivity contribution in [1.82, 2.24) is 0 Å². The normalized spacial score (nSPS) is 11.6. The molecule has 0 aliphatic rings. The molecule has 1 aromatic carbocycles. The average molecular weight is 277 g/mol. The first-order chi connectivity index (χ1) is 8.00. The molecule has 0 radical (unpaired) electrons. The molecule has 0 amide bonds. The van der Waals surface area contributed by atoms with Gasteiger partial charge in [0.1, 0.15) is 5.75 Å². The first-order valence-corrected chi connectivity index (χ1v) is 6.43. The summed E-state index contributed by atoms with van der Waals surface area (Å²) in [4.78, 5) is 0. The molecule has 1 rings (SSSR count). The Morgan fingerprint density at radius 3 is 2.59 bits per heavy atom. The van der Waals surface area contributed by atoms with Crippen LogP contribution in [0.25, 0.3) is 0 Å². The summed E-state index contributed by atoms with van der Waals surface area (Å²) in [5.41, 5.74) is 0.719. The van der Waals surface area contributed by atoms with Crippen LogP contribution in [0.3, 0.4) is 0 Å². The van der Waals surface area contributed by atoms with Crippen molar-refractivity contribution in [3.63, 3.8) is 0 Å². The second-order valence-electron chi connectivity index (χ2n) is 4.42. The number of rotatable bonds is 6. The second kappa shape index (κ2) is 6.48. The van der Waals surface area contributed by atoms with Crippen LogP contribution < -0.4 is 4.74 Å². The van der Waals surface area contributed by atoms with E-state index in [1.54, 1.807) is 13.2 Å². The molecule has 96 valence electrons. The van der Waals surface area contributed by atoms with Crippen LogP contribution in [-0.4, -0.2) is 19.3 Å². The molecule has 0 saturated heterocycles. The highest BCUT2D eigenvalue weighted by molar-refractivity contribution is 6.32. The Labute approximate surface area is 113 Å². The number of hydrogen-bond donors (Lipinski definition) is 0. The summed E-state index contributed by atoms with van der Waals surface area (Å²) < 4.78 is 11.0. The van der Waals surface area contributed by atoms with Crippen molar-refractivity contribution in [3.8, 4) is 5.75 Å². The van der Waals surface area contributed by atoms with Gasteiger partial charge in [-0.15, -0.1) is 11.6 Å². The van der Waals surface area contributed by atoms with Gasteiger partial charge in [-0.3, -0.25) is 0 Å². The zero-order chi connectivity index (χ0) is 12.9. The minimum Gasteiger partial charge on any atom is -0.492 e. The molecule has 0 N–H and O–H groups in total. The number of benzene rings is 1. The van der Waals surface area contributed by atoms with Gasteiger partial charge >= 0.3 is 0 Å². The van der Waals surface area contributed by atoms with Crippen LogP contribution in [0.2, 0.25) is 5.02 Å². The van der Waals surface area contributed by atoms with Crippen molar-refractivity contribution >= 4 is 23.2 Å². The number of para-hydroxylation sites is 1. The zero-order valence-electron chi connectivity index (χ0n) is 10.4. The summed E-state index contributed by atoms with van der Waals surface area (Å²) in [7, 11) is 1.69. The summed E-state index contributed by atoms with van der Waals surface area (Å²) in [5.74, 6) is 1.07. The molecular formula is C13H18Cl2O2. The molecule has 0 aliphatic carbocycles. The van der Waals surface area contributed by atoms with Crippen LogP contribution in [-0.2, 0) is 10.6 Å². The number of alkyl halides is 1. The predicted octanol–water partition coefficient (Wildman–Crippen LogP) is 4.27. The van der Waals surface area contributed by atoms with E-state index in [9.17, 15) is 0 Å². The van der Waals surface area contributed by atoms with Gasteiger partial charge in [0, 0.05) is 19.1 Å². The Kier molecular flexibility index (Phi) is 5.57. The molecule has 4 heteroatoms. The molecule has 0 fully saturated rings. The Morgan fingerprint density at radius 2 is 2.00 bits per heavy atom. The number of methoxy groups -OCH3 is 1. The van der Waals surface area contributed by atoms with Crippen molar-refractivity contribution in [3.05, 3.63) is 28.8 Å². The highest BCUT2D eigenvalue weighted by Crippen LogP contribution is 2.30. The first kappa shape index (κ1) is 14.6. The van der Waals surface area contributed by atoms with Crippen LogP contribution in [0.15, 0.2) is 18.2 Å². The molecule has 0 saturated carbocycles. The highest BCUT2D eigenvalue weighted by Gasteiger charge is 2.17. The van der Waals surface area contributed by atoms with Gasteiger partial charge in [0.05, 0.1) is 23.1 Å². The first-order valence-electron chi connectivity index (χ1n) is 5.51. The third-order valence-corrected chi connectivity index (χ3v) is 3.28. The zero-order valence-corrected chi connectivity index (χ0v) is 11.9. The van der Waals surface area contributed by atoms with Crippen molar-refractivity contribution in [2.75, 3.05) is 13.7 Å². The Morgan fingerprint density at radius 1 is 1.29 bits per heavy atom. The Bertz CT molecular complexity index is 364. The van der Waals surface area contributed by atoms with Gasteiger partial charge in [-0.2, -0.15) is 0 Å². The molecule has 0 aromatic heterocycles. The molecule has 2 nitrogen and oxygen atoms in total. The van der Waals surface area contributed by atoms with E-state index in [-0.39, 0.29) is 5.60 Å². The maximum atomic E-state index is 6.08. The highest BCUT2D eigenvalue weighted by atomic mass is 35.5. The fourth-order valence-corrected chi connectivity index (χ4v) is 1.78. The third-order valence-electron chi connectivity index (χ3n) is 2.70. The van der Waals surface area contributed by atoms with E-state index in [2.05, 4.69) is 0 Å². The maximum Gasteiger partial charge on any atom is 0.142 e. The third kappa shape index (κ3) is 4.38. The fraction of sp³-hybridized carbons (Fsp3) is 0.538. The molecular weight excluding hydrogens is 259 g/mol. The molecule has 0 heterocycles. The SMILES string of the molecule is COC(C)(C)CCOc1c(Cl)cccc1CCl. The van der Waals surface area contributed by atoms with E-state index < -0.39 is 0 Å². The largest absolute Gasteiger partial charge is 0.492 e. The molecule has 1 aromatic rings. The van der Waals surface area contributed by atoms with E-state index in [0.717, 1.165) is 12.0 Å². The van der Waals surface area contributed by atoms with Crippen molar-refractivity contribution < 1.29 is 9.47 Å². The number of ether oxygens (including phenoxy) is 2. The molecule has 0 unspecified atom stereocenters. The van der Waals surface area contributed by atoms with E-state index in [0.29, 0.717) is 23.3 Å². The monoisotopic (exact) mass is 276 g/mol. The van der Waals surface area contributed by atoms with Crippen LogP contribution in [0.1, 0.15) is 25.8 Å². The minimum atomic E-state index is -0.192. The lowest BCUT2D eigenvalue weighted by Crippen LogP contribution is -2.25. The van der Waals surface area contributed by atoms with E-state index in [1.807, 2.05) is 26.0 Å². The number of hydrogen-bond acceptors (Lipinski definition) is 2. The number of halogens is 2. The lowest BCUT2D eigenvalue weighted by Gasteiger charge is -2.23. The summed E-state index contributed by atoms with van der Waals surface area (Å²) in [6, 6.07) is 5.58. The van der Waals surface area contributed by atoms with Crippen LogP contribution in [0.5, 0.6) is 5.75 Å². The predicted molar refractivity (Wildman–Crippen MR) is 72.2 cm³/mol. The molecule has 0 bridgehead atoms. The van der Waals surface area contributed by atoms with Crippen LogP contribution in [0, 0.1) is 0 Å². The second-order valence-corrected chi connectivity index (χ2v) is 5.10. The smallest absolute Gasteiger partial charge is 0.142 e. The van der Waals surface area contributed by atoms with Crippen molar-refractivity contribution in [1.29, 1.82) is 0 Å². The van der Waals surface area contributed by atoms with Gasteiger partial charge in [0.25, 0.3) is 0 Å². The van der Waals surface area contributed by atoms with E-state index in [4.69, 9.17) is 32.7 Å². The van der Waals surface area contributed by atoms with Gasteiger partial charge in [-0.05, 0) is 19.9 Å². The van der Waals surface area contributed by atoms with Gasteiger partial charge in [-0.1, -0.05) is 23.7 Å². The van der Waals surface area contributed by atoms with Crippen LogP contribution >= 0.6 is 23.2 Å². The maximum absolute atomic E-state index is 6.08. The summed E-state index contributed by atoms with van der Waals surface area (Å²) in [6.45, 7) is 4.59. The van der Waals surface area contributed by atoms with Gasteiger partial charge in [0.2, 0.25) is 0 Å². The Hall–Kier alpha value is -0.440. The molecule has 0 spiro atoms. The van der Waals surface area contributed by atoms with Gasteiger partial charge < -0.3 is 9.47 Å². The summed E-state index contributed by atoms with van der Waals surface area (Å²) in [5, 5.41) is 0.596. The van der Waals surface area contributed by atoms with Crippen molar-refractivity contribution in [2.24, 2.45) is 0 Å². The Balaban J connectivity index is 2.63. The lowest BCUT2D eigenvalue weighted by atomic mass is 10.1. The standard InChI is InChI=1S/C13H18Cl2O2/c1-13(2,16-3)7-8-17-12-10(9-14)5-4-6-11(12)15/h4-6H,7-9H2,1-3H3. The van der Waals surface area contributed by atoms with Crippen LogP contribution in [0.4, 0.5) is 0 Å². The molecule has 17 heavy (non-hydrogen) atoms. The minimum absolute atomic E-state index is 0.192. The summed E-state index contributed by atoms with van der Waals surface area (Å²) in [6.07, 6.45) is 0.788.